The average Bonchev–Trinajstić information content (AvgIpc) is 2.69. The van der Waals surface area contributed by atoms with E-state index in [2.05, 4.69) is 0 Å². The molecule has 2 heterocycles. The molecule has 1 aromatic rings. The maximum atomic E-state index is 12.7. The van der Waals surface area contributed by atoms with Gasteiger partial charge in [-0.05, 0) is 50.8 Å². The van der Waals surface area contributed by atoms with Crippen molar-refractivity contribution < 1.29 is 17.9 Å². The van der Waals surface area contributed by atoms with Crippen LogP contribution in [-0.2, 0) is 26.0 Å². The lowest BCUT2D eigenvalue weighted by molar-refractivity contribution is -0.143. The first-order chi connectivity index (χ1) is 12.9. The van der Waals surface area contributed by atoms with Crippen LogP contribution in [0.1, 0.15) is 45.1 Å². The fourth-order valence-corrected chi connectivity index (χ4v) is 5.25. The molecule has 2 fully saturated rings. The maximum Gasteiger partial charge on any atom is 0.243 e. The largest absolute Gasteiger partial charge is 0.375 e. The highest BCUT2D eigenvalue weighted by Crippen LogP contribution is 2.21. The van der Waals surface area contributed by atoms with Gasteiger partial charge in [0.05, 0.1) is 23.6 Å². The predicted molar refractivity (Wildman–Crippen MR) is 104 cm³/mol. The molecule has 2 saturated heterocycles. The molecule has 0 bridgehead atoms. The molecule has 27 heavy (non-hydrogen) atoms. The summed E-state index contributed by atoms with van der Waals surface area (Å²) in [6, 6.07) is 7.10. The molecule has 0 spiro atoms. The van der Waals surface area contributed by atoms with Gasteiger partial charge in [-0.1, -0.05) is 18.6 Å². The highest BCUT2D eigenvalue weighted by atomic mass is 32.2. The summed E-state index contributed by atoms with van der Waals surface area (Å²) in [5.41, 5.74) is 0.981. The Labute approximate surface area is 162 Å². The van der Waals surface area contributed by atoms with Crippen molar-refractivity contribution in [2.75, 3.05) is 26.2 Å². The molecule has 0 aliphatic carbocycles. The van der Waals surface area contributed by atoms with Crippen molar-refractivity contribution >= 4 is 15.9 Å². The molecule has 2 aliphatic rings. The van der Waals surface area contributed by atoms with Crippen molar-refractivity contribution in [1.82, 2.24) is 9.21 Å². The van der Waals surface area contributed by atoms with E-state index < -0.39 is 10.0 Å². The fourth-order valence-electron chi connectivity index (χ4n) is 3.73. The smallest absolute Gasteiger partial charge is 0.243 e. The van der Waals surface area contributed by atoms with Crippen LogP contribution < -0.4 is 0 Å². The van der Waals surface area contributed by atoms with Crippen molar-refractivity contribution in [2.45, 2.75) is 63.0 Å². The second-order valence-electron chi connectivity index (χ2n) is 7.65. The Morgan fingerprint density at radius 2 is 1.78 bits per heavy atom. The van der Waals surface area contributed by atoms with Gasteiger partial charge in [0, 0.05) is 26.1 Å². The van der Waals surface area contributed by atoms with Gasteiger partial charge in [0.2, 0.25) is 15.9 Å². The van der Waals surface area contributed by atoms with Gasteiger partial charge >= 0.3 is 0 Å². The molecule has 0 saturated carbocycles. The molecule has 3 rings (SSSR count). The molecule has 6 nitrogen and oxygen atoms in total. The topological polar surface area (TPSA) is 66.9 Å². The van der Waals surface area contributed by atoms with Crippen molar-refractivity contribution in [1.29, 1.82) is 0 Å². The van der Waals surface area contributed by atoms with Gasteiger partial charge in [-0.15, -0.1) is 0 Å². The van der Waals surface area contributed by atoms with Gasteiger partial charge in [-0.25, -0.2) is 8.42 Å². The monoisotopic (exact) mass is 394 g/mol. The van der Waals surface area contributed by atoms with Crippen LogP contribution in [0.25, 0.3) is 0 Å². The number of amides is 1. The number of morpholine rings is 1. The van der Waals surface area contributed by atoms with Crippen LogP contribution in [0.2, 0.25) is 0 Å². The Kier molecular flexibility index (Phi) is 6.55. The number of sulfonamides is 1. The third-order valence-corrected chi connectivity index (χ3v) is 7.34. The first-order valence-electron chi connectivity index (χ1n) is 9.88. The number of piperidine rings is 1. The van der Waals surface area contributed by atoms with Crippen LogP contribution in [0.4, 0.5) is 0 Å². The quantitative estimate of drug-likeness (QED) is 0.769. The third-order valence-electron chi connectivity index (χ3n) is 5.43. The molecular formula is C20H30N2O4S. The third kappa shape index (κ3) is 4.89. The first-order valence-corrected chi connectivity index (χ1v) is 11.3. The Balaban J connectivity index is 1.58. The van der Waals surface area contributed by atoms with Gasteiger partial charge in [0.25, 0.3) is 0 Å². The zero-order valence-electron chi connectivity index (χ0n) is 16.3. The molecule has 1 aromatic carbocycles. The van der Waals surface area contributed by atoms with Crippen LogP contribution in [0.5, 0.6) is 0 Å². The van der Waals surface area contributed by atoms with Crippen LogP contribution in [0, 0.1) is 0 Å². The number of hydrogen-bond acceptors (Lipinski definition) is 4. The summed E-state index contributed by atoms with van der Waals surface area (Å²) < 4.78 is 32.5. The minimum absolute atomic E-state index is 0.0735. The van der Waals surface area contributed by atoms with Crippen LogP contribution >= 0.6 is 0 Å². The SMILES string of the molecule is C[C@H]1CN(C(=O)CCc2ccc(S(=O)(=O)N3CCCCC3)cc2)[C@@H](C)CO1. The van der Waals surface area contributed by atoms with Crippen molar-refractivity contribution in [3.05, 3.63) is 29.8 Å². The average molecular weight is 395 g/mol. The standard InChI is InChI=1S/C20H30N2O4S/c1-16-15-26-17(2)14-22(16)20(23)11-8-18-6-9-19(10-7-18)27(24,25)21-12-4-3-5-13-21/h6-7,9-10,16-17H,3-5,8,11-15H2,1-2H3/t16-,17-/m0/s1. The summed E-state index contributed by atoms with van der Waals surface area (Å²) >= 11 is 0. The van der Waals surface area contributed by atoms with Gasteiger partial charge in [-0.2, -0.15) is 4.31 Å². The van der Waals surface area contributed by atoms with E-state index in [9.17, 15) is 13.2 Å². The summed E-state index contributed by atoms with van der Waals surface area (Å²) in [4.78, 5) is 14.8. The van der Waals surface area contributed by atoms with Crippen LogP contribution in [0.3, 0.4) is 0 Å². The Morgan fingerprint density at radius 1 is 1.11 bits per heavy atom. The molecule has 2 aliphatic heterocycles. The first kappa shape index (κ1) is 20.3. The summed E-state index contributed by atoms with van der Waals surface area (Å²) in [5.74, 6) is 0.127. The molecule has 1 amide bonds. The van der Waals surface area contributed by atoms with Crippen molar-refractivity contribution in [3.63, 3.8) is 0 Å². The lowest BCUT2D eigenvalue weighted by Crippen LogP contribution is -2.50. The lowest BCUT2D eigenvalue weighted by Gasteiger charge is -2.37. The zero-order chi connectivity index (χ0) is 19.4. The molecule has 0 radical (unpaired) electrons. The fraction of sp³-hybridized carbons (Fsp3) is 0.650. The molecule has 7 heteroatoms. The van der Waals surface area contributed by atoms with E-state index in [4.69, 9.17) is 4.74 Å². The number of hydrogen-bond donors (Lipinski definition) is 0. The van der Waals surface area contributed by atoms with E-state index in [-0.39, 0.29) is 18.1 Å². The molecular weight excluding hydrogens is 364 g/mol. The molecule has 0 unspecified atom stereocenters. The van der Waals surface area contributed by atoms with Gasteiger partial charge in [-0.3, -0.25) is 4.79 Å². The minimum atomic E-state index is -3.40. The second kappa shape index (κ2) is 8.71. The summed E-state index contributed by atoms with van der Waals surface area (Å²) in [6.07, 6.45) is 4.07. The van der Waals surface area contributed by atoms with Crippen molar-refractivity contribution in [3.8, 4) is 0 Å². The molecule has 0 aromatic heterocycles. The number of rotatable bonds is 5. The summed E-state index contributed by atoms with van der Waals surface area (Å²) in [6.45, 7) is 6.41. The Morgan fingerprint density at radius 3 is 2.44 bits per heavy atom. The lowest BCUT2D eigenvalue weighted by atomic mass is 10.1. The number of nitrogens with zero attached hydrogens (tertiary/aromatic N) is 2. The van der Waals surface area contributed by atoms with Gasteiger partial charge < -0.3 is 9.64 Å². The number of carbonyl (C=O) groups excluding carboxylic acids is 1. The maximum absolute atomic E-state index is 12.7. The summed E-state index contributed by atoms with van der Waals surface area (Å²) in [5, 5.41) is 0. The zero-order valence-corrected chi connectivity index (χ0v) is 17.1. The van der Waals surface area contributed by atoms with E-state index >= 15 is 0 Å². The molecule has 150 valence electrons. The Bertz CT molecular complexity index is 742. The van der Waals surface area contributed by atoms with Gasteiger partial charge in [0.1, 0.15) is 0 Å². The van der Waals surface area contributed by atoms with Gasteiger partial charge in [0.15, 0.2) is 0 Å². The number of ether oxygens (including phenoxy) is 1. The van der Waals surface area contributed by atoms with E-state index in [0.29, 0.717) is 44.0 Å². The highest BCUT2D eigenvalue weighted by molar-refractivity contribution is 7.89. The van der Waals surface area contributed by atoms with E-state index in [1.165, 1.54) is 0 Å². The Hall–Kier alpha value is -1.44. The highest BCUT2D eigenvalue weighted by Gasteiger charge is 2.28. The second-order valence-corrected chi connectivity index (χ2v) is 9.59. The van der Waals surface area contributed by atoms with Crippen LogP contribution in [-0.4, -0.2) is 61.9 Å². The number of benzene rings is 1. The van der Waals surface area contributed by atoms with E-state index in [0.717, 1.165) is 24.8 Å². The predicted octanol–water partition coefficient (Wildman–Crippen LogP) is 2.43. The van der Waals surface area contributed by atoms with E-state index in [1.54, 1.807) is 16.4 Å². The molecule has 0 N–H and O–H groups in total. The van der Waals surface area contributed by atoms with E-state index in [1.807, 2.05) is 30.9 Å². The number of carbonyl (C=O) groups is 1. The normalized spacial score (nSPS) is 24.7. The number of aryl methyl sites for hydroxylation is 1. The minimum Gasteiger partial charge on any atom is -0.375 e. The summed E-state index contributed by atoms with van der Waals surface area (Å²) in [7, 11) is -3.40. The van der Waals surface area contributed by atoms with Crippen molar-refractivity contribution in [2.24, 2.45) is 0 Å². The van der Waals surface area contributed by atoms with Crippen LogP contribution in [0.15, 0.2) is 29.2 Å². The molecule has 2 atom stereocenters.